The smallest absolute Gasteiger partial charge is 0.228 e. The fourth-order valence-corrected chi connectivity index (χ4v) is 5.11. The lowest BCUT2D eigenvalue weighted by molar-refractivity contribution is -0.133. The molecule has 0 aliphatic carbocycles. The number of imidazole rings is 1. The van der Waals surface area contributed by atoms with Crippen LogP contribution >= 0.6 is 0 Å². The molecular weight excluding hydrogens is 442 g/mol. The van der Waals surface area contributed by atoms with Crippen LogP contribution < -0.4 is 4.74 Å². The highest BCUT2D eigenvalue weighted by atomic mass is 32.2. The van der Waals surface area contributed by atoms with Gasteiger partial charge in [-0.3, -0.25) is 4.79 Å². The first-order valence-electron chi connectivity index (χ1n) is 11.2. The van der Waals surface area contributed by atoms with Crippen LogP contribution in [0.4, 0.5) is 0 Å². The lowest BCUT2D eigenvalue weighted by atomic mass is 10.1. The molecule has 0 aliphatic heterocycles. The number of amides is 1. The van der Waals surface area contributed by atoms with Gasteiger partial charge >= 0.3 is 0 Å². The number of ether oxygens (including phenoxy) is 2. The topological polar surface area (TPSA) is 90.7 Å². The Hall–Kier alpha value is -2.39. The van der Waals surface area contributed by atoms with Gasteiger partial charge in [0.2, 0.25) is 20.9 Å². The molecular formula is C24H37N3O5S. The Labute approximate surface area is 197 Å². The van der Waals surface area contributed by atoms with Crippen molar-refractivity contribution in [3.8, 4) is 5.75 Å². The molecule has 0 saturated heterocycles. The molecule has 0 N–H and O–H groups in total. The van der Waals surface area contributed by atoms with E-state index in [1.165, 1.54) is 0 Å². The van der Waals surface area contributed by atoms with Gasteiger partial charge in [-0.2, -0.15) is 0 Å². The highest BCUT2D eigenvalue weighted by molar-refractivity contribution is 7.90. The van der Waals surface area contributed by atoms with E-state index in [1.807, 2.05) is 13.8 Å². The van der Waals surface area contributed by atoms with E-state index in [0.29, 0.717) is 49.7 Å². The van der Waals surface area contributed by atoms with Gasteiger partial charge in [0.15, 0.2) is 0 Å². The van der Waals surface area contributed by atoms with Crippen LogP contribution in [0, 0.1) is 11.8 Å². The third-order valence-electron chi connectivity index (χ3n) is 5.06. The summed E-state index contributed by atoms with van der Waals surface area (Å²) in [5.74, 6) is 0.977. The van der Waals surface area contributed by atoms with Gasteiger partial charge in [0.25, 0.3) is 0 Å². The van der Waals surface area contributed by atoms with Crippen LogP contribution in [-0.2, 0) is 38.2 Å². The van der Waals surface area contributed by atoms with Crippen LogP contribution in [0.3, 0.4) is 0 Å². The van der Waals surface area contributed by atoms with Crippen LogP contribution in [0.2, 0.25) is 0 Å². The summed E-state index contributed by atoms with van der Waals surface area (Å²) in [6.45, 7) is 9.68. The lowest BCUT2D eigenvalue weighted by Crippen LogP contribution is -2.35. The summed E-state index contributed by atoms with van der Waals surface area (Å²) in [6.07, 6.45) is 2.00. The average Bonchev–Trinajstić information content (AvgIpc) is 3.14. The molecule has 184 valence electrons. The predicted octanol–water partition coefficient (Wildman–Crippen LogP) is 3.54. The molecule has 1 heterocycles. The number of hydrogen-bond donors (Lipinski definition) is 0. The molecule has 2 aromatic rings. The Morgan fingerprint density at radius 2 is 1.88 bits per heavy atom. The number of nitrogens with zero attached hydrogens (tertiary/aromatic N) is 3. The minimum absolute atomic E-state index is 0.0156. The summed E-state index contributed by atoms with van der Waals surface area (Å²) in [7, 11) is -0.629. The van der Waals surface area contributed by atoms with Gasteiger partial charge < -0.3 is 18.9 Å². The van der Waals surface area contributed by atoms with Crippen molar-refractivity contribution in [2.75, 3.05) is 27.4 Å². The van der Waals surface area contributed by atoms with Crippen LogP contribution in [-0.4, -0.2) is 56.1 Å². The van der Waals surface area contributed by atoms with Gasteiger partial charge in [0.05, 0.1) is 37.9 Å². The SMILES string of the molecule is COCCn1c(CN(CC(C)C)C(=O)CC(C)C)cnc1S(=O)(=O)Cc1cccc(OC)c1. The van der Waals surface area contributed by atoms with Crippen molar-refractivity contribution in [1.82, 2.24) is 14.5 Å². The lowest BCUT2D eigenvalue weighted by Gasteiger charge is -2.26. The van der Waals surface area contributed by atoms with E-state index in [2.05, 4.69) is 18.8 Å². The second-order valence-corrected chi connectivity index (χ2v) is 10.9. The molecule has 2 rings (SSSR count). The molecule has 1 amide bonds. The number of benzene rings is 1. The monoisotopic (exact) mass is 479 g/mol. The van der Waals surface area contributed by atoms with E-state index < -0.39 is 9.84 Å². The Bertz CT molecular complexity index is 1010. The molecule has 0 saturated carbocycles. The first-order chi connectivity index (χ1) is 15.6. The first kappa shape index (κ1) is 26.9. The van der Waals surface area contributed by atoms with Gasteiger partial charge in [-0.1, -0.05) is 39.8 Å². The summed E-state index contributed by atoms with van der Waals surface area (Å²) >= 11 is 0. The standard InChI is InChI=1S/C24H37N3O5S/c1-18(2)12-23(28)26(15-19(3)4)16-21-14-25-24(27(21)10-11-31-5)33(29,30)17-20-8-7-9-22(13-20)32-6/h7-9,13-14,18-19H,10-12,15-17H2,1-6H3. The van der Waals surface area contributed by atoms with Gasteiger partial charge in [0.1, 0.15) is 5.75 Å². The van der Waals surface area contributed by atoms with Crippen molar-refractivity contribution in [2.45, 2.75) is 58.1 Å². The third kappa shape index (κ3) is 7.85. The Morgan fingerprint density at radius 3 is 2.48 bits per heavy atom. The van der Waals surface area contributed by atoms with E-state index in [-0.39, 0.29) is 28.7 Å². The second-order valence-electron chi connectivity index (χ2n) is 9.05. The number of carbonyl (C=O) groups excluding carboxylic acids is 1. The Balaban J connectivity index is 2.38. The second kappa shape index (κ2) is 12.2. The maximum absolute atomic E-state index is 13.3. The summed E-state index contributed by atoms with van der Waals surface area (Å²) in [5, 5.41) is -0.0156. The fraction of sp³-hybridized carbons (Fsp3) is 0.583. The molecule has 0 aliphatic rings. The zero-order valence-electron chi connectivity index (χ0n) is 20.6. The van der Waals surface area contributed by atoms with E-state index in [9.17, 15) is 13.2 Å². The maximum Gasteiger partial charge on any atom is 0.228 e. The summed E-state index contributed by atoms with van der Waals surface area (Å²) in [4.78, 5) is 18.9. The molecule has 0 radical (unpaired) electrons. The Kier molecular flexibility index (Phi) is 9.91. The average molecular weight is 480 g/mol. The van der Waals surface area contributed by atoms with Gasteiger partial charge in [-0.25, -0.2) is 13.4 Å². The number of sulfone groups is 1. The third-order valence-corrected chi connectivity index (χ3v) is 6.66. The van der Waals surface area contributed by atoms with Crippen LogP contribution in [0.5, 0.6) is 5.75 Å². The molecule has 0 spiro atoms. The molecule has 0 fully saturated rings. The predicted molar refractivity (Wildman–Crippen MR) is 128 cm³/mol. The van der Waals surface area contributed by atoms with Crippen molar-refractivity contribution in [2.24, 2.45) is 11.8 Å². The number of rotatable bonds is 13. The molecule has 9 heteroatoms. The molecule has 0 unspecified atom stereocenters. The summed E-state index contributed by atoms with van der Waals surface area (Å²) in [6, 6.07) is 6.98. The number of aromatic nitrogens is 2. The van der Waals surface area contributed by atoms with Crippen molar-refractivity contribution in [3.63, 3.8) is 0 Å². The van der Waals surface area contributed by atoms with Crippen molar-refractivity contribution >= 4 is 15.7 Å². The van der Waals surface area contributed by atoms with Crippen molar-refractivity contribution < 1.29 is 22.7 Å². The summed E-state index contributed by atoms with van der Waals surface area (Å²) < 4.78 is 38.7. The van der Waals surface area contributed by atoms with Crippen LogP contribution in [0.15, 0.2) is 35.6 Å². The first-order valence-corrected chi connectivity index (χ1v) is 12.9. The van der Waals surface area contributed by atoms with Crippen molar-refractivity contribution in [3.05, 3.63) is 41.7 Å². The highest BCUT2D eigenvalue weighted by Crippen LogP contribution is 2.22. The molecule has 1 aromatic heterocycles. The van der Waals surface area contributed by atoms with Gasteiger partial charge in [-0.05, 0) is 29.5 Å². The van der Waals surface area contributed by atoms with E-state index in [4.69, 9.17) is 9.47 Å². The maximum atomic E-state index is 13.3. The minimum atomic E-state index is -3.74. The zero-order valence-corrected chi connectivity index (χ0v) is 21.4. The zero-order chi connectivity index (χ0) is 24.6. The minimum Gasteiger partial charge on any atom is -0.497 e. The van der Waals surface area contributed by atoms with E-state index >= 15 is 0 Å². The largest absolute Gasteiger partial charge is 0.497 e. The van der Waals surface area contributed by atoms with E-state index in [1.54, 1.807) is 54.1 Å². The number of hydrogen-bond acceptors (Lipinski definition) is 6. The molecule has 1 aromatic carbocycles. The van der Waals surface area contributed by atoms with Gasteiger partial charge in [-0.15, -0.1) is 0 Å². The Morgan fingerprint density at radius 1 is 1.15 bits per heavy atom. The van der Waals surface area contributed by atoms with Crippen LogP contribution in [0.1, 0.15) is 45.4 Å². The molecule has 0 bridgehead atoms. The van der Waals surface area contributed by atoms with Crippen LogP contribution in [0.25, 0.3) is 0 Å². The quantitative estimate of drug-likeness (QED) is 0.436. The molecule has 0 atom stereocenters. The van der Waals surface area contributed by atoms with Crippen molar-refractivity contribution in [1.29, 1.82) is 0 Å². The number of carbonyl (C=O) groups is 1. The molecule has 8 nitrogen and oxygen atoms in total. The van der Waals surface area contributed by atoms with Gasteiger partial charge in [0, 0.05) is 26.6 Å². The molecule has 33 heavy (non-hydrogen) atoms. The number of methoxy groups -OCH3 is 2. The van der Waals surface area contributed by atoms with E-state index in [0.717, 1.165) is 0 Å². The normalized spacial score (nSPS) is 11.9. The fourth-order valence-electron chi connectivity index (χ4n) is 3.60. The highest BCUT2D eigenvalue weighted by Gasteiger charge is 2.26. The summed E-state index contributed by atoms with van der Waals surface area (Å²) in [5.41, 5.74) is 1.29.